The van der Waals surface area contributed by atoms with E-state index in [4.69, 9.17) is 17.3 Å². The fourth-order valence-electron chi connectivity index (χ4n) is 0.817. The molecule has 0 bridgehead atoms. The summed E-state index contributed by atoms with van der Waals surface area (Å²) in [7, 11) is 0. The van der Waals surface area contributed by atoms with Crippen LogP contribution in [0.4, 0.5) is 13.2 Å². The first-order valence-electron chi connectivity index (χ1n) is 3.39. The molecule has 0 saturated heterocycles. The number of hydrogen-bond acceptors (Lipinski definition) is 2. The third-order valence-corrected chi connectivity index (χ3v) is 1.68. The van der Waals surface area contributed by atoms with Crippen molar-refractivity contribution in [1.82, 2.24) is 4.98 Å². The molecule has 0 radical (unpaired) electrons. The van der Waals surface area contributed by atoms with Crippen LogP contribution >= 0.6 is 11.6 Å². The predicted octanol–water partition coefficient (Wildman–Crippen LogP) is 2.27. The highest BCUT2D eigenvalue weighted by Crippen LogP contribution is 2.25. The Kier molecular flexibility index (Phi) is 3.11. The van der Waals surface area contributed by atoms with Gasteiger partial charge in [0.25, 0.3) is 6.43 Å². The largest absolute Gasteiger partial charge is 0.325 e. The second-order valence-electron chi connectivity index (χ2n) is 2.30. The molecule has 0 unspecified atom stereocenters. The molecule has 2 nitrogen and oxygen atoms in total. The molecule has 1 heterocycles. The first kappa shape index (κ1) is 10.3. The van der Waals surface area contributed by atoms with Crippen molar-refractivity contribution in [2.24, 2.45) is 5.73 Å². The van der Waals surface area contributed by atoms with Crippen LogP contribution in [0.25, 0.3) is 0 Å². The maximum absolute atomic E-state index is 12.9. The molecular formula is C7H6ClF3N2. The zero-order valence-electron chi connectivity index (χ0n) is 6.40. The van der Waals surface area contributed by atoms with Gasteiger partial charge in [-0.2, -0.15) is 0 Å². The molecule has 0 amide bonds. The number of nitrogens with zero attached hydrogens (tertiary/aromatic N) is 1. The molecule has 13 heavy (non-hydrogen) atoms. The Bertz CT molecular complexity index is 317. The van der Waals surface area contributed by atoms with E-state index >= 15 is 0 Å². The van der Waals surface area contributed by atoms with Crippen LogP contribution in [0.2, 0.25) is 5.02 Å². The van der Waals surface area contributed by atoms with Crippen molar-refractivity contribution >= 4 is 11.6 Å². The number of rotatable bonds is 2. The second kappa shape index (κ2) is 3.93. The van der Waals surface area contributed by atoms with E-state index in [2.05, 4.69) is 4.98 Å². The molecular weight excluding hydrogens is 205 g/mol. The lowest BCUT2D eigenvalue weighted by molar-refractivity contribution is 0.140. The molecule has 0 atom stereocenters. The summed E-state index contributed by atoms with van der Waals surface area (Å²) in [4.78, 5) is 3.32. The summed E-state index contributed by atoms with van der Waals surface area (Å²) in [6.45, 7) is -0.0558. The topological polar surface area (TPSA) is 38.9 Å². The Morgan fingerprint density at radius 3 is 2.62 bits per heavy atom. The minimum absolute atomic E-state index is 0.0558. The lowest BCUT2D eigenvalue weighted by atomic mass is 10.3. The number of halogens is 4. The quantitative estimate of drug-likeness (QED) is 0.813. The van der Waals surface area contributed by atoms with Crippen LogP contribution in [-0.2, 0) is 6.54 Å². The van der Waals surface area contributed by atoms with E-state index in [1.54, 1.807) is 0 Å². The van der Waals surface area contributed by atoms with E-state index in [1.165, 1.54) is 0 Å². The highest BCUT2D eigenvalue weighted by atomic mass is 35.5. The molecule has 2 N–H and O–H groups in total. The first-order valence-corrected chi connectivity index (χ1v) is 3.77. The molecule has 6 heteroatoms. The smallest absolute Gasteiger partial charge is 0.283 e. The van der Waals surface area contributed by atoms with Crippen LogP contribution in [0.3, 0.4) is 0 Å². The van der Waals surface area contributed by atoms with Crippen molar-refractivity contribution in [3.05, 3.63) is 28.3 Å². The fraction of sp³-hybridized carbons (Fsp3) is 0.286. The van der Waals surface area contributed by atoms with Gasteiger partial charge in [-0.05, 0) is 6.07 Å². The standard InChI is InChI=1S/C7H6ClF3N2/c8-4-1-3(2-12)13-6(5(4)9)7(10)11/h1,7H,2,12H2. The Morgan fingerprint density at radius 1 is 1.54 bits per heavy atom. The number of aromatic nitrogens is 1. The molecule has 72 valence electrons. The predicted molar refractivity (Wildman–Crippen MR) is 42.1 cm³/mol. The van der Waals surface area contributed by atoms with Crippen LogP contribution in [-0.4, -0.2) is 4.98 Å². The second-order valence-corrected chi connectivity index (χ2v) is 2.71. The summed E-state index contributed by atoms with van der Waals surface area (Å²) in [5.74, 6) is -1.19. The minimum atomic E-state index is -2.98. The molecule has 0 fully saturated rings. The maximum atomic E-state index is 12.9. The van der Waals surface area contributed by atoms with E-state index < -0.39 is 17.9 Å². The average molecular weight is 211 g/mol. The van der Waals surface area contributed by atoms with E-state index in [9.17, 15) is 13.2 Å². The zero-order chi connectivity index (χ0) is 10.0. The van der Waals surface area contributed by atoms with Gasteiger partial charge in [0.15, 0.2) is 5.82 Å². The third kappa shape index (κ3) is 2.10. The molecule has 0 aliphatic heterocycles. The SMILES string of the molecule is NCc1cc(Cl)c(F)c(C(F)F)n1. The Hall–Kier alpha value is -0.810. The molecule has 1 aromatic rings. The van der Waals surface area contributed by atoms with E-state index in [-0.39, 0.29) is 17.3 Å². The molecule has 0 saturated carbocycles. The van der Waals surface area contributed by atoms with Gasteiger partial charge in [0.05, 0.1) is 10.7 Å². The van der Waals surface area contributed by atoms with Crippen LogP contribution in [0.1, 0.15) is 17.8 Å². The van der Waals surface area contributed by atoms with Gasteiger partial charge < -0.3 is 5.73 Å². The van der Waals surface area contributed by atoms with Crippen molar-refractivity contribution in [3.63, 3.8) is 0 Å². The van der Waals surface area contributed by atoms with Gasteiger partial charge in [-0.25, -0.2) is 18.2 Å². The van der Waals surface area contributed by atoms with Crippen LogP contribution in [0.15, 0.2) is 6.07 Å². The molecule has 0 aromatic carbocycles. The van der Waals surface area contributed by atoms with Gasteiger partial charge in [-0.1, -0.05) is 11.6 Å². The Morgan fingerprint density at radius 2 is 2.15 bits per heavy atom. The van der Waals surface area contributed by atoms with E-state index in [0.717, 1.165) is 6.07 Å². The van der Waals surface area contributed by atoms with Crippen LogP contribution in [0.5, 0.6) is 0 Å². The Labute approximate surface area is 77.5 Å². The maximum Gasteiger partial charge on any atom is 0.283 e. The molecule has 0 aliphatic carbocycles. The van der Waals surface area contributed by atoms with Gasteiger partial charge in [-0.3, -0.25) is 0 Å². The molecule has 1 rings (SSSR count). The van der Waals surface area contributed by atoms with E-state index in [0.29, 0.717) is 0 Å². The average Bonchev–Trinajstić information content (AvgIpc) is 2.09. The summed E-state index contributed by atoms with van der Waals surface area (Å²) in [5.41, 5.74) is 4.34. The van der Waals surface area contributed by atoms with Crippen molar-refractivity contribution in [2.45, 2.75) is 13.0 Å². The summed E-state index contributed by atoms with van der Waals surface area (Å²) in [6.07, 6.45) is -2.98. The number of hydrogen-bond donors (Lipinski definition) is 1. The van der Waals surface area contributed by atoms with E-state index in [1.807, 2.05) is 0 Å². The monoisotopic (exact) mass is 210 g/mol. The normalized spacial score (nSPS) is 10.9. The number of alkyl halides is 2. The van der Waals surface area contributed by atoms with Crippen molar-refractivity contribution in [1.29, 1.82) is 0 Å². The van der Waals surface area contributed by atoms with Crippen LogP contribution in [0, 0.1) is 5.82 Å². The van der Waals surface area contributed by atoms with Crippen molar-refractivity contribution < 1.29 is 13.2 Å². The Balaban J connectivity index is 3.25. The van der Waals surface area contributed by atoms with Gasteiger partial charge >= 0.3 is 0 Å². The number of pyridine rings is 1. The number of nitrogens with two attached hydrogens (primary N) is 1. The molecule has 1 aromatic heterocycles. The third-order valence-electron chi connectivity index (χ3n) is 1.41. The lowest BCUT2D eigenvalue weighted by Crippen LogP contribution is -2.05. The van der Waals surface area contributed by atoms with Crippen molar-refractivity contribution in [3.8, 4) is 0 Å². The summed E-state index contributed by atoms with van der Waals surface area (Å²) in [6, 6.07) is 1.13. The molecule has 0 aliphatic rings. The van der Waals surface area contributed by atoms with Gasteiger partial charge in [0.1, 0.15) is 5.69 Å². The fourth-order valence-corrected chi connectivity index (χ4v) is 1.04. The molecule has 0 spiro atoms. The minimum Gasteiger partial charge on any atom is -0.325 e. The summed E-state index contributed by atoms with van der Waals surface area (Å²) in [5, 5.41) is -0.384. The first-order chi connectivity index (χ1) is 6.06. The highest BCUT2D eigenvalue weighted by molar-refractivity contribution is 6.30. The van der Waals surface area contributed by atoms with Crippen LogP contribution < -0.4 is 5.73 Å². The summed E-state index contributed by atoms with van der Waals surface area (Å²) < 4.78 is 37.1. The van der Waals surface area contributed by atoms with Crippen molar-refractivity contribution in [2.75, 3.05) is 0 Å². The van der Waals surface area contributed by atoms with Gasteiger partial charge in [-0.15, -0.1) is 0 Å². The van der Waals surface area contributed by atoms with Gasteiger partial charge in [0, 0.05) is 6.54 Å². The highest BCUT2D eigenvalue weighted by Gasteiger charge is 2.18. The van der Waals surface area contributed by atoms with Gasteiger partial charge in [0.2, 0.25) is 0 Å². The lowest BCUT2D eigenvalue weighted by Gasteiger charge is -2.04. The summed E-state index contributed by atoms with van der Waals surface area (Å²) >= 11 is 5.34. The zero-order valence-corrected chi connectivity index (χ0v) is 7.15.